The van der Waals surface area contributed by atoms with Crippen LogP contribution in [0.5, 0.6) is 0 Å². The van der Waals surface area contributed by atoms with Gasteiger partial charge in [0.15, 0.2) is 0 Å². The molecule has 0 unspecified atom stereocenters. The first-order chi connectivity index (χ1) is 7.99. The summed E-state index contributed by atoms with van der Waals surface area (Å²) in [6, 6.07) is 4.98. The molecule has 1 aromatic carbocycles. The van der Waals surface area contributed by atoms with E-state index in [1.165, 1.54) is 18.2 Å². The molecule has 0 aliphatic carbocycles. The summed E-state index contributed by atoms with van der Waals surface area (Å²) in [4.78, 5) is 32.1. The van der Waals surface area contributed by atoms with Gasteiger partial charge in [-0.3, -0.25) is 14.9 Å². The second kappa shape index (κ2) is 3.71. The van der Waals surface area contributed by atoms with Crippen molar-refractivity contribution in [1.82, 2.24) is 0 Å². The topological polar surface area (TPSA) is 116 Å². The van der Waals surface area contributed by atoms with Gasteiger partial charge in [-0.1, -0.05) is 0 Å². The van der Waals surface area contributed by atoms with Gasteiger partial charge in [-0.05, 0) is 12.1 Å². The highest BCUT2D eigenvalue weighted by Gasteiger charge is 2.13. The zero-order chi connectivity index (χ0) is 12.6. The van der Waals surface area contributed by atoms with Crippen molar-refractivity contribution in [2.24, 2.45) is 5.73 Å². The van der Waals surface area contributed by atoms with E-state index in [2.05, 4.69) is 0 Å². The molecule has 2 N–H and O–H groups in total. The lowest BCUT2D eigenvalue weighted by Gasteiger charge is -1.98. The number of hydrogen-bond acceptors (Lipinski definition) is 5. The molecule has 7 nitrogen and oxygen atoms in total. The summed E-state index contributed by atoms with van der Waals surface area (Å²) >= 11 is 0. The zero-order valence-electron chi connectivity index (χ0n) is 8.38. The lowest BCUT2D eigenvalue weighted by Crippen LogP contribution is -2.20. The number of primary amides is 1. The summed E-state index contributed by atoms with van der Waals surface area (Å²) < 4.78 is 4.78. The molecule has 7 heteroatoms. The lowest BCUT2D eigenvalue weighted by atomic mass is 10.1. The van der Waals surface area contributed by atoms with Gasteiger partial charge in [-0.25, -0.2) is 4.79 Å². The molecule has 0 saturated carbocycles. The number of fused-ring (bicyclic) bond motifs is 1. The van der Waals surface area contributed by atoms with Gasteiger partial charge >= 0.3 is 5.63 Å². The van der Waals surface area contributed by atoms with Crippen LogP contribution in [-0.4, -0.2) is 10.8 Å². The summed E-state index contributed by atoms with van der Waals surface area (Å²) in [6.45, 7) is 0. The monoisotopic (exact) mass is 234 g/mol. The molecule has 0 bridgehead atoms. The predicted molar refractivity (Wildman–Crippen MR) is 57.7 cm³/mol. The quantitative estimate of drug-likeness (QED) is 0.468. The van der Waals surface area contributed by atoms with Gasteiger partial charge in [0.05, 0.1) is 11.0 Å². The molecule has 0 fully saturated rings. The number of nitro groups is 1. The van der Waals surface area contributed by atoms with Gasteiger partial charge in [0.1, 0.15) is 11.1 Å². The lowest BCUT2D eigenvalue weighted by molar-refractivity contribution is -0.384. The van der Waals surface area contributed by atoms with Crippen LogP contribution >= 0.6 is 0 Å². The Morgan fingerprint density at radius 3 is 2.65 bits per heavy atom. The molecule has 0 spiro atoms. The van der Waals surface area contributed by atoms with Crippen LogP contribution in [0.4, 0.5) is 5.69 Å². The van der Waals surface area contributed by atoms with Gasteiger partial charge in [0.25, 0.3) is 11.6 Å². The number of rotatable bonds is 2. The summed E-state index contributed by atoms with van der Waals surface area (Å²) in [7, 11) is 0. The molecule has 0 saturated heterocycles. The number of amides is 1. The number of nitrogens with zero attached hydrogens (tertiary/aromatic N) is 1. The third-order valence-electron chi connectivity index (χ3n) is 2.20. The van der Waals surface area contributed by atoms with Crippen molar-refractivity contribution in [3.8, 4) is 0 Å². The summed E-state index contributed by atoms with van der Waals surface area (Å²) in [5, 5.41) is 10.9. The number of carbonyl (C=O) groups excluding carboxylic acids is 1. The molecule has 17 heavy (non-hydrogen) atoms. The normalized spacial score (nSPS) is 10.4. The fraction of sp³-hybridized carbons (Fsp3) is 0. The first-order valence-electron chi connectivity index (χ1n) is 4.51. The van der Waals surface area contributed by atoms with E-state index in [0.29, 0.717) is 5.39 Å². The van der Waals surface area contributed by atoms with Gasteiger partial charge in [0.2, 0.25) is 0 Å². The Morgan fingerprint density at radius 1 is 1.35 bits per heavy atom. The molecule has 1 heterocycles. The predicted octanol–water partition coefficient (Wildman–Crippen LogP) is 0.800. The molecular weight excluding hydrogens is 228 g/mol. The Balaban J connectivity index is 2.75. The Hall–Kier alpha value is -2.70. The smallest absolute Gasteiger partial charge is 0.349 e. The molecule has 1 amide bonds. The molecule has 0 aliphatic rings. The molecule has 0 atom stereocenters. The Kier molecular flexibility index (Phi) is 2.36. The fourth-order valence-corrected chi connectivity index (χ4v) is 1.39. The van der Waals surface area contributed by atoms with E-state index >= 15 is 0 Å². The fourth-order valence-electron chi connectivity index (χ4n) is 1.39. The van der Waals surface area contributed by atoms with Crippen molar-refractivity contribution in [3.05, 3.63) is 50.4 Å². The highest BCUT2D eigenvalue weighted by Crippen LogP contribution is 2.20. The maximum atomic E-state index is 11.3. The van der Waals surface area contributed by atoms with Gasteiger partial charge in [-0.2, -0.15) is 0 Å². The van der Waals surface area contributed by atoms with E-state index in [1.54, 1.807) is 0 Å². The van der Waals surface area contributed by atoms with E-state index in [-0.39, 0.29) is 16.8 Å². The highest BCUT2D eigenvalue weighted by atomic mass is 16.6. The molecule has 2 rings (SSSR count). The van der Waals surface area contributed by atoms with Crippen molar-refractivity contribution in [1.29, 1.82) is 0 Å². The third kappa shape index (κ3) is 1.85. The van der Waals surface area contributed by atoms with Crippen LogP contribution in [0.2, 0.25) is 0 Å². The number of benzene rings is 1. The van der Waals surface area contributed by atoms with Gasteiger partial charge in [-0.15, -0.1) is 0 Å². The Bertz CT molecular complexity index is 689. The number of carbonyl (C=O) groups is 1. The average Bonchev–Trinajstić information content (AvgIpc) is 2.26. The van der Waals surface area contributed by atoms with Crippen LogP contribution in [0.15, 0.2) is 33.5 Å². The van der Waals surface area contributed by atoms with E-state index in [9.17, 15) is 19.7 Å². The van der Waals surface area contributed by atoms with E-state index in [4.69, 9.17) is 10.2 Å². The number of non-ortho nitro benzene ring substituents is 1. The van der Waals surface area contributed by atoms with Gasteiger partial charge in [0, 0.05) is 11.5 Å². The number of hydrogen-bond donors (Lipinski definition) is 1. The second-order valence-corrected chi connectivity index (χ2v) is 3.29. The van der Waals surface area contributed by atoms with Crippen molar-refractivity contribution in [3.63, 3.8) is 0 Å². The second-order valence-electron chi connectivity index (χ2n) is 3.29. The van der Waals surface area contributed by atoms with Crippen molar-refractivity contribution >= 4 is 22.6 Å². The van der Waals surface area contributed by atoms with E-state index in [1.807, 2.05) is 0 Å². The van der Waals surface area contributed by atoms with Crippen molar-refractivity contribution in [2.75, 3.05) is 0 Å². The summed E-state index contributed by atoms with van der Waals surface area (Å²) in [5.74, 6) is -0.904. The van der Waals surface area contributed by atoms with Crippen LogP contribution in [0, 0.1) is 10.1 Å². The van der Waals surface area contributed by atoms with Crippen LogP contribution < -0.4 is 11.4 Å². The zero-order valence-corrected chi connectivity index (χ0v) is 8.38. The highest BCUT2D eigenvalue weighted by molar-refractivity contribution is 5.95. The maximum absolute atomic E-state index is 11.3. The molecule has 2 aromatic rings. The Morgan fingerprint density at radius 2 is 2.06 bits per heavy atom. The van der Waals surface area contributed by atoms with Crippen LogP contribution in [0.25, 0.3) is 11.0 Å². The third-order valence-corrected chi connectivity index (χ3v) is 2.20. The maximum Gasteiger partial charge on any atom is 0.349 e. The number of nitro benzene ring substituents is 1. The average molecular weight is 234 g/mol. The largest absolute Gasteiger partial charge is 0.422 e. The molecule has 1 aromatic heterocycles. The minimum Gasteiger partial charge on any atom is -0.422 e. The molecule has 0 radical (unpaired) electrons. The standard InChI is InChI=1S/C10H6N2O5/c11-9(13)7-3-5-1-2-6(12(15)16)4-8(5)17-10(7)14/h1-4H,(H2,11,13). The van der Waals surface area contributed by atoms with Crippen molar-refractivity contribution in [2.45, 2.75) is 0 Å². The minimum atomic E-state index is -0.912. The van der Waals surface area contributed by atoms with Gasteiger partial charge < -0.3 is 10.2 Å². The molecule has 0 aliphatic heterocycles. The van der Waals surface area contributed by atoms with Crippen LogP contribution in [0.3, 0.4) is 0 Å². The van der Waals surface area contributed by atoms with Crippen LogP contribution in [0.1, 0.15) is 10.4 Å². The number of nitrogens with two attached hydrogens (primary N) is 1. The first kappa shape index (κ1) is 10.8. The van der Waals surface area contributed by atoms with Crippen molar-refractivity contribution < 1.29 is 14.1 Å². The van der Waals surface area contributed by atoms with Crippen LogP contribution in [-0.2, 0) is 0 Å². The SMILES string of the molecule is NC(=O)c1cc2ccc([N+](=O)[O-])cc2oc1=O. The van der Waals surface area contributed by atoms with E-state index < -0.39 is 16.5 Å². The first-order valence-corrected chi connectivity index (χ1v) is 4.51. The molecule has 86 valence electrons. The summed E-state index contributed by atoms with van der Waals surface area (Å²) in [5.41, 5.74) is 3.61. The Labute approximate surface area is 93.6 Å². The minimum absolute atomic E-state index is 0.0363. The van der Waals surface area contributed by atoms with E-state index in [0.717, 1.165) is 6.07 Å². The molecular formula is C10H6N2O5. The summed E-state index contributed by atoms with van der Waals surface area (Å²) in [6.07, 6.45) is 0.